The summed E-state index contributed by atoms with van der Waals surface area (Å²) in [5.74, 6) is -0.162. The van der Waals surface area contributed by atoms with E-state index in [0.717, 1.165) is 34.7 Å². The van der Waals surface area contributed by atoms with Crippen LogP contribution in [-0.4, -0.2) is 5.91 Å². The quantitative estimate of drug-likeness (QED) is 0.821. The van der Waals surface area contributed by atoms with Crippen molar-refractivity contribution < 1.29 is 4.79 Å². The molecule has 1 fully saturated rings. The van der Waals surface area contributed by atoms with E-state index in [1.165, 1.54) is 0 Å². The van der Waals surface area contributed by atoms with Crippen molar-refractivity contribution in [3.05, 3.63) is 46.6 Å². The van der Waals surface area contributed by atoms with Crippen molar-refractivity contribution in [3.63, 3.8) is 0 Å². The van der Waals surface area contributed by atoms with Crippen molar-refractivity contribution in [1.29, 1.82) is 0 Å². The lowest BCUT2D eigenvalue weighted by Crippen LogP contribution is -2.33. The number of halogens is 1. The van der Waals surface area contributed by atoms with E-state index >= 15 is 0 Å². The van der Waals surface area contributed by atoms with Gasteiger partial charge in [-0.1, -0.05) is 57.2 Å². The van der Waals surface area contributed by atoms with Crippen LogP contribution < -0.4 is 5.32 Å². The van der Waals surface area contributed by atoms with E-state index in [2.05, 4.69) is 32.7 Å². The molecule has 0 bridgehead atoms. The maximum Gasteiger partial charge on any atom is 0.231 e. The second kappa shape index (κ2) is 5.01. The molecule has 19 heavy (non-hydrogen) atoms. The van der Waals surface area contributed by atoms with Crippen LogP contribution in [0, 0.1) is 0 Å². The van der Waals surface area contributed by atoms with Crippen molar-refractivity contribution in [2.45, 2.75) is 44.9 Å². The topological polar surface area (TPSA) is 29.1 Å². The molecule has 1 saturated heterocycles. The molecule has 1 unspecified atom stereocenters. The van der Waals surface area contributed by atoms with Crippen molar-refractivity contribution >= 4 is 17.5 Å². The average molecular weight is 278 g/mol. The molecular weight excluding hydrogens is 258 g/mol. The summed E-state index contributed by atoms with van der Waals surface area (Å²) in [6.07, 6.45) is 1.59. The van der Waals surface area contributed by atoms with Gasteiger partial charge in [-0.05, 0) is 29.4 Å². The van der Waals surface area contributed by atoms with Crippen LogP contribution in [0.1, 0.15) is 50.7 Å². The Morgan fingerprint density at radius 3 is 2.63 bits per heavy atom. The highest BCUT2D eigenvalue weighted by atomic mass is 35.5. The number of piperidine rings is 1. The van der Waals surface area contributed by atoms with Gasteiger partial charge in [0.05, 0.1) is 5.92 Å². The number of benzene rings is 1. The molecule has 102 valence electrons. The molecule has 0 saturated carbocycles. The number of hydrogen-bond donors (Lipinski definition) is 1. The number of nitrogens with one attached hydrogen (secondary N) is 1. The van der Waals surface area contributed by atoms with Gasteiger partial charge in [0.2, 0.25) is 5.91 Å². The van der Waals surface area contributed by atoms with Gasteiger partial charge in [0.25, 0.3) is 0 Å². The van der Waals surface area contributed by atoms with Crippen molar-refractivity contribution in [1.82, 2.24) is 5.32 Å². The summed E-state index contributed by atoms with van der Waals surface area (Å²) in [7, 11) is 0. The van der Waals surface area contributed by atoms with Crippen LogP contribution in [0.2, 0.25) is 5.02 Å². The molecule has 2 nitrogen and oxygen atoms in total. The first-order valence-electron chi connectivity index (χ1n) is 6.58. The van der Waals surface area contributed by atoms with Crippen LogP contribution in [0.3, 0.4) is 0 Å². The molecule has 1 aliphatic heterocycles. The van der Waals surface area contributed by atoms with E-state index < -0.39 is 0 Å². The fourth-order valence-corrected chi connectivity index (χ4v) is 3.01. The second-order valence-corrected chi connectivity index (χ2v) is 6.52. The Kier molecular flexibility index (Phi) is 3.73. The Bertz CT molecular complexity index is 528. The van der Waals surface area contributed by atoms with Gasteiger partial charge in [0.1, 0.15) is 0 Å². The largest absolute Gasteiger partial charge is 0.330 e. The highest BCUT2D eigenvalue weighted by molar-refractivity contribution is 6.32. The minimum Gasteiger partial charge on any atom is -0.330 e. The van der Waals surface area contributed by atoms with E-state index in [1.54, 1.807) is 0 Å². The zero-order chi connectivity index (χ0) is 14.2. The van der Waals surface area contributed by atoms with Gasteiger partial charge in [0.15, 0.2) is 0 Å². The summed E-state index contributed by atoms with van der Waals surface area (Å²) in [5.41, 5.74) is 2.79. The molecule has 1 amide bonds. The van der Waals surface area contributed by atoms with Gasteiger partial charge in [-0.3, -0.25) is 4.79 Å². The Labute approximate surface area is 119 Å². The molecule has 0 aliphatic carbocycles. The van der Waals surface area contributed by atoms with Gasteiger partial charge in [0, 0.05) is 10.7 Å². The number of hydrogen-bond acceptors (Lipinski definition) is 1. The minimum absolute atomic E-state index is 0.00390. The molecular formula is C16H20ClNO. The van der Waals surface area contributed by atoms with Gasteiger partial charge in [-0.2, -0.15) is 0 Å². The standard InChI is InChI=1S/C16H20ClNO/c1-10-8-9-12(15(19)18-10)11-6-5-7-13(14(11)17)16(2,3)4/h5-7,12H,1,8-9H2,2-4H3,(H,18,19). The van der Waals surface area contributed by atoms with Crippen LogP contribution in [0.25, 0.3) is 0 Å². The van der Waals surface area contributed by atoms with E-state index in [9.17, 15) is 4.79 Å². The summed E-state index contributed by atoms with van der Waals surface area (Å²) >= 11 is 6.53. The Morgan fingerprint density at radius 2 is 2.05 bits per heavy atom. The molecule has 1 atom stereocenters. The Morgan fingerprint density at radius 1 is 1.37 bits per heavy atom. The van der Waals surface area contributed by atoms with Gasteiger partial charge >= 0.3 is 0 Å². The van der Waals surface area contributed by atoms with Crippen molar-refractivity contribution in [3.8, 4) is 0 Å². The van der Waals surface area contributed by atoms with Crippen LogP contribution in [0.5, 0.6) is 0 Å². The van der Waals surface area contributed by atoms with Crippen molar-refractivity contribution in [2.75, 3.05) is 0 Å². The first kappa shape index (κ1) is 14.1. The van der Waals surface area contributed by atoms with Gasteiger partial charge < -0.3 is 5.32 Å². The molecule has 1 aliphatic rings. The molecule has 0 radical (unpaired) electrons. The molecule has 2 rings (SSSR count). The molecule has 1 N–H and O–H groups in total. The molecule has 0 spiro atoms. The number of allylic oxidation sites excluding steroid dienone is 1. The predicted molar refractivity (Wildman–Crippen MR) is 79.4 cm³/mol. The maximum absolute atomic E-state index is 12.1. The lowest BCUT2D eigenvalue weighted by Gasteiger charge is -2.27. The zero-order valence-corrected chi connectivity index (χ0v) is 12.5. The average Bonchev–Trinajstić information content (AvgIpc) is 2.28. The number of rotatable bonds is 1. The van der Waals surface area contributed by atoms with Crippen molar-refractivity contribution in [2.24, 2.45) is 0 Å². The first-order valence-corrected chi connectivity index (χ1v) is 6.96. The van der Waals surface area contributed by atoms with Crippen LogP contribution in [0.15, 0.2) is 30.5 Å². The third-order valence-corrected chi connectivity index (χ3v) is 3.99. The third kappa shape index (κ3) is 2.84. The summed E-state index contributed by atoms with van der Waals surface area (Å²) < 4.78 is 0. The Balaban J connectivity index is 2.41. The van der Waals surface area contributed by atoms with E-state index in [-0.39, 0.29) is 17.2 Å². The Hall–Kier alpha value is -1.28. The van der Waals surface area contributed by atoms with Crippen LogP contribution >= 0.6 is 11.6 Å². The summed E-state index contributed by atoms with van der Waals surface area (Å²) in [6.45, 7) is 10.2. The lowest BCUT2D eigenvalue weighted by molar-refractivity contribution is -0.122. The van der Waals surface area contributed by atoms with E-state index in [4.69, 9.17) is 11.6 Å². The van der Waals surface area contributed by atoms with Crippen LogP contribution in [-0.2, 0) is 10.2 Å². The van der Waals surface area contributed by atoms with Gasteiger partial charge in [-0.15, -0.1) is 0 Å². The fourth-order valence-electron chi connectivity index (χ4n) is 2.47. The minimum atomic E-state index is -0.166. The maximum atomic E-state index is 12.1. The predicted octanol–water partition coefficient (Wildman–Crippen LogP) is 4.14. The number of carbonyl (C=O) groups is 1. The van der Waals surface area contributed by atoms with E-state index in [0.29, 0.717) is 0 Å². The SMILES string of the molecule is C=C1CCC(c2cccc(C(C)(C)C)c2Cl)C(=O)N1. The molecule has 1 aromatic carbocycles. The zero-order valence-electron chi connectivity index (χ0n) is 11.7. The monoisotopic (exact) mass is 277 g/mol. The number of amides is 1. The normalized spacial score (nSPS) is 20.3. The highest BCUT2D eigenvalue weighted by Crippen LogP contribution is 2.37. The fraction of sp³-hybridized carbons (Fsp3) is 0.438. The number of carbonyl (C=O) groups excluding carboxylic acids is 1. The molecule has 1 aromatic rings. The molecule has 0 aromatic heterocycles. The smallest absolute Gasteiger partial charge is 0.231 e. The summed E-state index contributed by atoms with van der Waals surface area (Å²) in [5, 5.41) is 3.55. The molecule has 3 heteroatoms. The third-order valence-electron chi connectivity index (χ3n) is 3.56. The van der Waals surface area contributed by atoms with Crippen LogP contribution in [0.4, 0.5) is 0 Å². The lowest BCUT2D eigenvalue weighted by atomic mass is 9.82. The second-order valence-electron chi connectivity index (χ2n) is 6.14. The molecule has 1 heterocycles. The summed E-state index contributed by atoms with van der Waals surface area (Å²) in [6, 6.07) is 5.97. The van der Waals surface area contributed by atoms with E-state index in [1.807, 2.05) is 18.2 Å². The summed E-state index contributed by atoms with van der Waals surface area (Å²) in [4.78, 5) is 12.1. The first-order chi connectivity index (χ1) is 8.80. The van der Waals surface area contributed by atoms with Gasteiger partial charge in [-0.25, -0.2) is 0 Å². The highest BCUT2D eigenvalue weighted by Gasteiger charge is 2.29.